The van der Waals surface area contributed by atoms with E-state index in [-0.39, 0.29) is 18.1 Å². The van der Waals surface area contributed by atoms with Gasteiger partial charge in [0.1, 0.15) is 5.82 Å². The number of nitrogens with one attached hydrogen (secondary N) is 2. The van der Waals surface area contributed by atoms with E-state index in [4.69, 9.17) is 0 Å². The number of carbonyl (C=O) groups excluding carboxylic acids is 1. The van der Waals surface area contributed by atoms with Gasteiger partial charge in [0.05, 0.1) is 12.2 Å². The Balaban J connectivity index is 2.32. The van der Waals surface area contributed by atoms with E-state index in [2.05, 4.69) is 29.4 Å². The maximum atomic E-state index is 13.5. The lowest BCUT2D eigenvalue weighted by molar-refractivity contribution is -0.115. The summed E-state index contributed by atoms with van der Waals surface area (Å²) in [5.41, 5.74) is 1.15. The zero-order chi connectivity index (χ0) is 15.0. The fourth-order valence-corrected chi connectivity index (χ4v) is 1.91. The van der Waals surface area contributed by atoms with Gasteiger partial charge in [-0.1, -0.05) is 19.9 Å². The SMILES string of the molecule is CCN(CC)CCNCC(=O)Nc1cc(C)ccc1F. The third kappa shape index (κ3) is 5.67. The molecule has 1 amide bonds. The van der Waals surface area contributed by atoms with Crippen LogP contribution in [0.15, 0.2) is 18.2 Å². The zero-order valence-corrected chi connectivity index (χ0v) is 12.5. The molecule has 1 rings (SSSR count). The first-order chi connectivity index (χ1) is 9.56. The smallest absolute Gasteiger partial charge is 0.238 e. The molecule has 4 nitrogen and oxygen atoms in total. The van der Waals surface area contributed by atoms with Crippen molar-refractivity contribution in [3.05, 3.63) is 29.6 Å². The minimum Gasteiger partial charge on any atom is -0.322 e. The fourth-order valence-electron chi connectivity index (χ4n) is 1.91. The molecule has 0 unspecified atom stereocenters. The Kier molecular flexibility index (Phi) is 7.18. The Labute approximate surface area is 120 Å². The second-order valence-electron chi connectivity index (χ2n) is 4.74. The molecule has 0 heterocycles. The third-order valence-corrected chi connectivity index (χ3v) is 3.18. The van der Waals surface area contributed by atoms with Crippen molar-refractivity contribution in [3.8, 4) is 0 Å². The molecule has 0 saturated heterocycles. The number of hydrogen-bond acceptors (Lipinski definition) is 3. The molecule has 0 aliphatic rings. The third-order valence-electron chi connectivity index (χ3n) is 3.18. The molecule has 1 aromatic carbocycles. The molecule has 0 aliphatic carbocycles. The molecule has 5 heteroatoms. The van der Waals surface area contributed by atoms with Crippen LogP contribution in [0.2, 0.25) is 0 Å². The van der Waals surface area contributed by atoms with E-state index in [0.29, 0.717) is 0 Å². The van der Waals surface area contributed by atoms with Crippen LogP contribution in [0, 0.1) is 12.7 Å². The highest BCUT2D eigenvalue weighted by molar-refractivity contribution is 5.92. The molecule has 0 spiro atoms. The van der Waals surface area contributed by atoms with E-state index < -0.39 is 5.82 Å². The van der Waals surface area contributed by atoms with Crippen LogP contribution in [0.5, 0.6) is 0 Å². The largest absolute Gasteiger partial charge is 0.322 e. The van der Waals surface area contributed by atoms with Crippen molar-refractivity contribution in [1.29, 1.82) is 0 Å². The summed E-state index contributed by atoms with van der Waals surface area (Å²) >= 11 is 0. The van der Waals surface area contributed by atoms with Gasteiger partial charge >= 0.3 is 0 Å². The van der Waals surface area contributed by atoms with E-state index in [0.717, 1.165) is 31.7 Å². The summed E-state index contributed by atoms with van der Waals surface area (Å²) in [6.45, 7) is 9.90. The number of halogens is 1. The number of carbonyl (C=O) groups is 1. The molecular formula is C15H24FN3O. The Morgan fingerprint density at radius 3 is 2.65 bits per heavy atom. The lowest BCUT2D eigenvalue weighted by atomic mass is 10.2. The van der Waals surface area contributed by atoms with Gasteiger partial charge in [0.2, 0.25) is 5.91 Å². The van der Waals surface area contributed by atoms with Gasteiger partial charge in [0.25, 0.3) is 0 Å². The van der Waals surface area contributed by atoms with Gasteiger partial charge in [-0.05, 0) is 37.7 Å². The first kappa shape index (κ1) is 16.6. The molecule has 0 aromatic heterocycles. The molecule has 1 aromatic rings. The first-order valence-electron chi connectivity index (χ1n) is 7.05. The van der Waals surface area contributed by atoms with Gasteiger partial charge in [-0.15, -0.1) is 0 Å². The van der Waals surface area contributed by atoms with E-state index in [1.54, 1.807) is 12.1 Å². The average molecular weight is 281 g/mol. The predicted octanol–water partition coefficient (Wildman–Crippen LogP) is 2.00. The monoisotopic (exact) mass is 281 g/mol. The second kappa shape index (κ2) is 8.66. The zero-order valence-electron chi connectivity index (χ0n) is 12.5. The van der Waals surface area contributed by atoms with E-state index in [1.807, 2.05) is 6.92 Å². The fraction of sp³-hybridized carbons (Fsp3) is 0.533. The van der Waals surface area contributed by atoms with Crippen molar-refractivity contribution in [2.75, 3.05) is 38.0 Å². The van der Waals surface area contributed by atoms with Crippen molar-refractivity contribution in [2.24, 2.45) is 0 Å². The summed E-state index contributed by atoms with van der Waals surface area (Å²) in [6, 6.07) is 4.66. The molecule has 20 heavy (non-hydrogen) atoms. The molecule has 0 radical (unpaired) electrons. The Bertz CT molecular complexity index is 433. The van der Waals surface area contributed by atoms with Crippen molar-refractivity contribution >= 4 is 11.6 Å². The minimum absolute atomic E-state index is 0.189. The number of amides is 1. The molecule has 0 fully saturated rings. The van der Waals surface area contributed by atoms with Gasteiger partial charge in [-0.2, -0.15) is 0 Å². The number of likely N-dealkylation sites (N-methyl/N-ethyl adjacent to an activating group) is 1. The van der Waals surface area contributed by atoms with Crippen LogP contribution in [0.3, 0.4) is 0 Å². The Hall–Kier alpha value is -1.46. The summed E-state index contributed by atoms with van der Waals surface area (Å²) < 4.78 is 13.5. The van der Waals surface area contributed by atoms with Crippen molar-refractivity contribution < 1.29 is 9.18 Å². The number of hydrogen-bond donors (Lipinski definition) is 2. The normalized spacial score (nSPS) is 10.8. The quantitative estimate of drug-likeness (QED) is 0.716. The molecular weight excluding hydrogens is 257 g/mol. The van der Waals surface area contributed by atoms with Gasteiger partial charge in [-0.3, -0.25) is 4.79 Å². The van der Waals surface area contributed by atoms with Crippen LogP contribution in [-0.2, 0) is 4.79 Å². The van der Waals surface area contributed by atoms with Gasteiger partial charge in [0, 0.05) is 13.1 Å². The molecule has 112 valence electrons. The van der Waals surface area contributed by atoms with Gasteiger partial charge in [0.15, 0.2) is 0 Å². The minimum atomic E-state index is -0.410. The number of rotatable bonds is 8. The maximum Gasteiger partial charge on any atom is 0.238 e. The molecule has 0 saturated carbocycles. The summed E-state index contributed by atoms with van der Waals surface area (Å²) in [7, 11) is 0. The molecule has 0 aliphatic heterocycles. The summed E-state index contributed by atoms with van der Waals surface area (Å²) in [4.78, 5) is 14.0. The number of benzene rings is 1. The number of aryl methyl sites for hydroxylation is 1. The highest BCUT2D eigenvalue weighted by Crippen LogP contribution is 2.15. The van der Waals surface area contributed by atoms with Crippen LogP contribution >= 0.6 is 0 Å². The number of anilines is 1. The van der Waals surface area contributed by atoms with Crippen LogP contribution in [0.4, 0.5) is 10.1 Å². The van der Waals surface area contributed by atoms with Crippen LogP contribution in [-0.4, -0.2) is 43.5 Å². The summed E-state index contributed by atoms with van der Waals surface area (Å²) in [5, 5.41) is 5.64. The number of nitrogens with zero attached hydrogens (tertiary/aromatic N) is 1. The Morgan fingerprint density at radius 2 is 2.00 bits per heavy atom. The van der Waals surface area contributed by atoms with Crippen molar-refractivity contribution in [3.63, 3.8) is 0 Å². The van der Waals surface area contributed by atoms with E-state index in [1.165, 1.54) is 6.07 Å². The van der Waals surface area contributed by atoms with Gasteiger partial charge < -0.3 is 15.5 Å². The van der Waals surface area contributed by atoms with E-state index in [9.17, 15) is 9.18 Å². The van der Waals surface area contributed by atoms with Crippen molar-refractivity contribution in [2.45, 2.75) is 20.8 Å². The summed E-state index contributed by atoms with van der Waals surface area (Å²) in [5.74, 6) is -0.638. The van der Waals surface area contributed by atoms with E-state index >= 15 is 0 Å². The Morgan fingerprint density at radius 1 is 1.30 bits per heavy atom. The standard InChI is InChI=1S/C15H24FN3O/c1-4-19(5-2)9-8-17-11-15(20)18-14-10-12(3)6-7-13(14)16/h6-7,10,17H,4-5,8-9,11H2,1-3H3,(H,18,20). The predicted molar refractivity (Wildman–Crippen MR) is 80.4 cm³/mol. The van der Waals surface area contributed by atoms with Gasteiger partial charge in [-0.25, -0.2) is 4.39 Å². The molecule has 0 atom stereocenters. The highest BCUT2D eigenvalue weighted by Gasteiger charge is 2.07. The molecule has 0 bridgehead atoms. The van der Waals surface area contributed by atoms with Crippen molar-refractivity contribution in [1.82, 2.24) is 10.2 Å². The topological polar surface area (TPSA) is 44.4 Å². The highest BCUT2D eigenvalue weighted by atomic mass is 19.1. The van der Waals surface area contributed by atoms with Crippen LogP contribution in [0.1, 0.15) is 19.4 Å². The first-order valence-corrected chi connectivity index (χ1v) is 7.05. The average Bonchev–Trinajstić information content (AvgIpc) is 2.43. The lowest BCUT2D eigenvalue weighted by Gasteiger charge is -2.17. The lowest BCUT2D eigenvalue weighted by Crippen LogP contribution is -2.35. The van der Waals surface area contributed by atoms with Crippen LogP contribution < -0.4 is 10.6 Å². The maximum absolute atomic E-state index is 13.5. The summed E-state index contributed by atoms with van der Waals surface area (Å²) in [6.07, 6.45) is 0. The van der Waals surface area contributed by atoms with Crippen LogP contribution in [0.25, 0.3) is 0 Å². The molecule has 2 N–H and O–H groups in total. The second-order valence-corrected chi connectivity index (χ2v) is 4.74.